The molecule has 0 heterocycles. The molecule has 0 aromatic carbocycles. The number of amides is 2. The van der Waals surface area contributed by atoms with Gasteiger partial charge in [0.25, 0.3) is 0 Å². The van der Waals surface area contributed by atoms with Crippen molar-refractivity contribution in [2.75, 3.05) is 20.6 Å². The molecular formula is C31H56N2O2. The van der Waals surface area contributed by atoms with E-state index < -0.39 is 5.60 Å². The highest BCUT2D eigenvalue weighted by atomic mass is 16.3. The molecule has 7 unspecified atom stereocenters. The normalized spacial score (nSPS) is 45.5. The van der Waals surface area contributed by atoms with Crippen LogP contribution in [-0.2, 0) is 0 Å². The van der Waals surface area contributed by atoms with Gasteiger partial charge in [0, 0.05) is 20.6 Å². The number of hydrogen-bond donors (Lipinski definition) is 2. The van der Waals surface area contributed by atoms with Gasteiger partial charge in [0.1, 0.15) is 0 Å². The van der Waals surface area contributed by atoms with E-state index in [4.69, 9.17) is 0 Å². The minimum atomic E-state index is -0.434. The number of hydrogen-bond acceptors (Lipinski definition) is 2. The summed E-state index contributed by atoms with van der Waals surface area (Å²) in [4.78, 5) is 13.8. The van der Waals surface area contributed by atoms with Crippen molar-refractivity contribution in [3.8, 4) is 0 Å². The number of nitrogens with one attached hydrogen (secondary N) is 1. The van der Waals surface area contributed by atoms with Crippen LogP contribution in [0.25, 0.3) is 0 Å². The Morgan fingerprint density at radius 1 is 0.971 bits per heavy atom. The molecule has 0 aromatic rings. The van der Waals surface area contributed by atoms with Crippen molar-refractivity contribution in [1.29, 1.82) is 0 Å². The fraction of sp³-hybridized carbons (Fsp3) is 0.968. The summed E-state index contributed by atoms with van der Waals surface area (Å²) in [6, 6.07) is 0.0189. The molecule has 35 heavy (non-hydrogen) atoms. The molecule has 0 spiro atoms. The van der Waals surface area contributed by atoms with Crippen LogP contribution in [0.3, 0.4) is 0 Å². The first kappa shape index (κ1) is 27.3. The molecule has 2 amide bonds. The van der Waals surface area contributed by atoms with Crippen molar-refractivity contribution in [3.63, 3.8) is 0 Å². The van der Waals surface area contributed by atoms with Crippen molar-refractivity contribution in [2.24, 2.45) is 58.2 Å². The lowest BCUT2D eigenvalue weighted by molar-refractivity contribution is -0.148. The molecule has 202 valence electrons. The van der Waals surface area contributed by atoms with E-state index in [1.807, 2.05) is 11.9 Å². The fourth-order valence-electron chi connectivity index (χ4n) is 10.4. The van der Waals surface area contributed by atoms with Crippen molar-refractivity contribution >= 4 is 6.03 Å². The van der Waals surface area contributed by atoms with Crippen molar-refractivity contribution in [2.45, 2.75) is 111 Å². The van der Waals surface area contributed by atoms with Gasteiger partial charge < -0.3 is 15.3 Å². The van der Waals surface area contributed by atoms with E-state index in [0.717, 1.165) is 54.9 Å². The lowest BCUT2D eigenvalue weighted by Crippen LogP contribution is -2.55. The zero-order chi connectivity index (χ0) is 25.8. The smallest absolute Gasteiger partial charge is 0.316 e. The van der Waals surface area contributed by atoms with Crippen LogP contribution in [0.2, 0.25) is 0 Å². The van der Waals surface area contributed by atoms with Crippen molar-refractivity contribution in [1.82, 2.24) is 10.2 Å². The molecule has 0 saturated heterocycles. The van der Waals surface area contributed by atoms with Gasteiger partial charge in [-0.2, -0.15) is 0 Å². The SMILES string of the molecule is CNC(=O)N(C)C[C@@H](C)CC(C)[C@@H](C)C1CCC2C3CCC4C[C@@](C)(O)CC[C@]4(C)C3CCC21C. The highest BCUT2D eigenvalue weighted by molar-refractivity contribution is 5.73. The van der Waals surface area contributed by atoms with Crippen LogP contribution in [-0.4, -0.2) is 42.3 Å². The van der Waals surface area contributed by atoms with E-state index in [9.17, 15) is 9.90 Å². The van der Waals surface area contributed by atoms with E-state index in [1.54, 1.807) is 7.05 Å². The molecule has 4 aliphatic carbocycles. The van der Waals surface area contributed by atoms with Crippen LogP contribution in [0.1, 0.15) is 106 Å². The van der Waals surface area contributed by atoms with Crippen LogP contribution < -0.4 is 5.32 Å². The average Bonchev–Trinajstić information content (AvgIpc) is 3.15. The Kier molecular flexibility index (Phi) is 7.67. The largest absolute Gasteiger partial charge is 0.390 e. The van der Waals surface area contributed by atoms with Crippen LogP contribution in [0.15, 0.2) is 0 Å². The first-order chi connectivity index (χ1) is 16.3. The standard InChI is InChI=1S/C31H56N2O2/c1-20(19-33(8)28(34)32-7)17-21(2)22(3)25-11-12-26-24-10-9-23-18-29(4,35)15-16-30(23,5)27(24)13-14-31(25,26)6/h20-27,35H,9-19H2,1-8H3,(H,32,34)/t20-,21?,22+,23?,24?,25?,26?,27?,29-,30-,31?/m0/s1. The minimum Gasteiger partial charge on any atom is -0.390 e. The summed E-state index contributed by atoms with van der Waals surface area (Å²) in [6.45, 7) is 15.5. The molecule has 0 bridgehead atoms. The Morgan fingerprint density at radius 2 is 1.66 bits per heavy atom. The summed E-state index contributed by atoms with van der Waals surface area (Å²) in [5, 5.41) is 13.5. The second kappa shape index (κ2) is 9.84. The summed E-state index contributed by atoms with van der Waals surface area (Å²) in [6.07, 6.45) is 12.9. The Hall–Kier alpha value is -0.770. The molecule has 0 aliphatic heterocycles. The molecule has 11 atom stereocenters. The maximum Gasteiger partial charge on any atom is 0.316 e. The van der Waals surface area contributed by atoms with E-state index in [0.29, 0.717) is 22.7 Å². The zero-order valence-corrected chi connectivity index (χ0v) is 24.2. The molecule has 2 N–H and O–H groups in total. The molecule has 4 nitrogen and oxygen atoms in total. The highest BCUT2D eigenvalue weighted by Crippen LogP contribution is 2.69. The number of carbonyl (C=O) groups is 1. The molecule has 4 aliphatic rings. The minimum absolute atomic E-state index is 0.0189. The second-order valence-corrected chi connectivity index (χ2v) is 14.7. The quantitative estimate of drug-likeness (QED) is 0.424. The molecule has 4 saturated carbocycles. The summed E-state index contributed by atoms with van der Waals surface area (Å²) < 4.78 is 0. The first-order valence-electron chi connectivity index (χ1n) is 15.0. The van der Waals surface area contributed by atoms with Gasteiger partial charge in [0.05, 0.1) is 5.60 Å². The summed E-state index contributed by atoms with van der Waals surface area (Å²) in [5.41, 5.74) is 0.520. The van der Waals surface area contributed by atoms with Crippen molar-refractivity contribution in [3.05, 3.63) is 0 Å². The monoisotopic (exact) mass is 488 g/mol. The summed E-state index contributed by atoms with van der Waals surface area (Å²) >= 11 is 0. The Balaban J connectivity index is 1.41. The lowest BCUT2D eigenvalue weighted by Gasteiger charge is -2.62. The van der Waals surface area contributed by atoms with Gasteiger partial charge in [0.15, 0.2) is 0 Å². The summed E-state index contributed by atoms with van der Waals surface area (Å²) in [5.74, 6) is 6.20. The Bertz CT molecular complexity index is 767. The van der Waals surface area contributed by atoms with E-state index in [1.165, 1.54) is 51.4 Å². The molecule has 4 fully saturated rings. The van der Waals surface area contributed by atoms with Crippen LogP contribution in [0.5, 0.6) is 0 Å². The number of urea groups is 1. The third kappa shape index (κ3) is 4.91. The van der Waals surface area contributed by atoms with Crippen LogP contribution >= 0.6 is 0 Å². The Morgan fingerprint density at radius 3 is 2.34 bits per heavy atom. The van der Waals surface area contributed by atoms with E-state index in [-0.39, 0.29) is 6.03 Å². The summed E-state index contributed by atoms with van der Waals surface area (Å²) in [7, 11) is 3.62. The Labute approximate surface area is 216 Å². The highest BCUT2D eigenvalue weighted by Gasteiger charge is 2.61. The molecule has 0 radical (unpaired) electrons. The number of fused-ring (bicyclic) bond motifs is 5. The van der Waals surface area contributed by atoms with Gasteiger partial charge in [-0.1, -0.05) is 34.6 Å². The van der Waals surface area contributed by atoms with Gasteiger partial charge in [0.2, 0.25) is 0 Å². The van der Waals surface area contributed by atoms with Gasteiger partial charge in [-0.15, -0.1) is 0 Å². The van der Waals surface area contributed by atoms with Crippen LogP contribution in [0.4, 0.5) is 4.79 Å². The third-order valence-corrected chi connectivity index (χ3v) is 12.5. The van der Waals surface area contributed by atoms with E-state index >= 15 is 0 Å². The third-order valence-electron chi connectivity index (χ3n) is 12.5. The molecule has 4 heteroatoms. The van der Waals surface area contributed by atoms with Crippen LogP contribution in [0, 0.1) is 58.2 Å². The number of rotatable bonds is 6. The predicted molar refractivity (Wildman–Crippen MR) is 145 cm³/mol. The van der Waals surface area contributed by atoms with Gasteiger partial charge in [-0.25, -0.2) is 4.79 Å². The number of nitrogens with zero attached hydrogens (tertiary/aromatic N) is 1. The predicted octanol–water partition coefficient (Wildman–Crippen LogP) is 6.97. The fourth-order valence-corrected chi connectivity index (χ4v) is 10.4. The second-order valence-electron chi connectivity index (χ2n) is 14.7. The topological polar surface area (TPSA) is 52.6 Å². The van der Waals surface area contributed by atoms with Gasteiger partial charge in [-0.05, 0) is 129 Å². The maximum absolute atomic E-state index is 11.9. The van der Waals surface area contributed by atoms with E-state index in [2.05, 4.69) is 46.9 Å². The average molecular weight is 489 g/mol. The molecule has 0 aromatic heterocycles. The molecule has 4 rings (SSSR count). The zero-order valence-electron chi connectivity index (χ0n) is 24.2. The number of aliphatic hydroxyl groups is 1. The van der Waals surface area contributed by atoms with Gasteiger partial charge >= 0.3 is 6.03 Å². The van der Waals surface area contributed by atoms with Crippen molar-refractivity contribution < 1.29 is 9.90 Å². The lowest BCUT2D eigenvalue weighted by atomic mass is 9.43. The van der Waals surface area contributed by atoms with Gasteiger partial charge in [-0.3, -0.25) is 0 Å². The number of carbonyl (C=O) groups excluding carboxylic acids is 1. The maximum atomic E-state index is 11.9. The molecular weight excluding hydrogens is 432 g/mol. The first-order valence-corrected chi connectivity index (χ1v) is 15.0.